The van der Waals surface area contributed by atoms with Gasteiger partial charge in [0, 0.05) is 26.3 Å². The molecule has 0 saturated carbocycles. The van der Waals surface area contributed by atoms with Crippen LogP contribution in [-0.4, -0.2) is 38.0 Å². The number of hydrogen-bond acceptors (Lipinski definition) is 5. The highest BCUT2D eigenvalue weighted by Crippen LogP contribution is 2.22. The Hall–Kier alpha value is -2.36. The maximum atomic E-state index is 12.2. The number of thiophene rings is 1. The molecule has 0 atom stereocenters. The molecule has 1 aromatic heterocycles. The Balaban J connectivity index is 1.94. The monoisotopic (exact) mass is 342 g/mol. The molecule has 0 aliphatic rings. The fourth-order valence-corrected chi connectivity index (χ4v) is 3.05. The van der Waals surface area contributed by atoms with E-state index in [2.05, 4.69) is 45.5 Å². The van der Waals surface area contributed by atoms with Gasteiger partial charge in [-0.2, -0.15) is 5.26 Å². The van der Waals surface area contributed by atoms with E-state index in [1.807, 2.05) is 21.0 Å². The number of amides is 1. The van der Waals surface area contributed by atoms with E-state index < -0.39 is 0 Å². The van der Waals surface area contributed by atoms with E-state index in [4.69, 9.17) is 5.26 Å². The standard InChI is InChI=1S/C18H22N4OS/c1-4-22(12-14-5-7-16(8-6-14)21(2)3)13-17(23)20-18-15(11-19)9-10-24-18/h5-10H,4,12-13H2,1-3H3,(H,20,23). The van der Waals surface area contributed by atoms with E-state index in [1.54, 1.807) is 11.4 Å². The number of nitrogens with zero attached hydrogens (tertiary/aromatic N) is 3. The van der Waals surface area contributed by atoms with Crippen LogP contribution in [0.5, 0.6) is 0 Å². The highest BCUT2D eigenvalue weighted by atomic mass is 32.1. The minimum absolute atomic E-state index is 0.0966. The molecule has 1 N–H and O–H groups in total. The third-order valence-electron chi connectivity index (χ3n) is 3.71. The molecular formula is C18H22N4OS. The fraction of sp³-hybridized carbons (Fsp3) is 0.333. The van der Waals surface area contributed by atoms with Crippen molar-refractivity contribution in [2.45, 2.75) is 13.5 Å². The summed E-state index contributed by atoms with van der Waals surface area (Å²) in [6.07, 6.45) is 0. The highest BCUT2D eigenvalue weighted by Gasteiger charge is 2.12. The molecule has 5 nitrogen and oxygen atoms in total. The molecule has 0 aliphatic carbocycles. The summed E-state index contributed by atoms with van der Waals surface area (Å²) in [7, 11) is 4.02. The topological polar surface area (TPSA) is 59.4 Å². The van der Waals surface area contributed by atoms with Gasteiger partial charge in [-0.05, 0) is 35.7 Å². The van der Waals surface area contributed by atoms with Gasteiger partial charge in [0.25, 0.3) is 0 Å². The molecule has 0 radical (unpaired) electrons. The molecule has 1 amide bonds. The summed E-state index contributed by atoms with van der Waals surface area (Å²) < 4.78 is 0. The first-order valence-electron chi connectivity index (χ1n) is 7.79. The summed E-state index contributed by atoms with van der Waals surface area (Å²) in [5, 5.41) is 14.2. The first-order valence-corrected chi connectivity index (χ1v) is 8.67. The van der Waals surface area contributed by atoms with Crippen molar-refractivity contribution in [1.82, 2.24) is 4.90 Å². The van der Waals surface area contributed by atoms with Crippen LogP contribution >= 0.6 is 11.3 Å². The number of nitrogens with one attached hydrogen (secondary N) is 1. The van der Waals surface area contributed by atoms with E-state index >= 15 is 0 Å². The molecule has 1 heterocycles. The molecule has 24 heavy (non-hydrogen) atoms. The smallest absolute Gasteiger partial charge is 0.239 e. The van der Waals surface area contributed by atoms with Crippen LogP contribution in [-0.2, 0) is 11.3 Å². The summed E-state index contributed by atoms with van der Waals surface area (Å²) in [4.78, 5) is 16.3. The van der Waals surface area contributed by atoms with Gasteiger partial charge in [0.15, 0.2) is 0 Å². The minimum atomic E-state index is -0.0966. The Kier molecular flexibility index (Phi) is 6.36. The first-order chi connectivity index (χ1) is 11.5. The van der Waals surface area contributed by atoms with Crippen molar-refractivity contribution in [2.24, 2.45) is 0 Å². The molecular weight excluding hydrogens is 320 g/mol. The third kappa shape index (κ3) is 4.82. The second-order valence-electron chi connectivity index (χ2n) is 5.69. The SMILES string of the molecule is CCN(CC(=O)Nc1sccc1C#N)Cc1ccc(N(C)C)cc1. The molecule has 0 spiro atoms. The van der Waals surface area contributed by atoms with Gasteiger partial charge in [-0.3, -0.25) is 9.69 Å². The lowest BCUT2D eigenvalue weighted by Crippen LogP contribution is -2.32. The second-order valence-corrected chi connectivity index (χ2v) is 6.60. The van der Waals surface area contributed by atoms with Gasteiger partial charge in [-0.1, -0.05) is 19.1 Å². The highest BCUT2D eigenvalue weighted by molar-refractivity contribution is 7.14. The predicted molar refractivity (Wildman–Crippen MR) is 99.4 cm³/mol. The molecule has 6 heteroatoms. The average Bonchev–Trinajstić information content (AvgIpc) is 3.01. The van der Waals surface area contributed by atoms with Crippen molar-refractivity contribution in [3.8, 4) is 6.07 Å². The number of rotatable bonds is 7. The van der Waals surface area contributed by atoms with Gasteiger partial charge in [-0.15, -0.1) is 11.3 Å². The number of benzene rings is 1. The lowest BCUT2D eigenvalue weighted by atomic mass is 10.2. The average molecular weight is 342 g/mol. The molecule has 126 valence electrons. The molecule has 0 aliphatic heterocycles. The molecule has 0 saturated heterocycles. The minimum Gasteiger partial charge on any atom is -0.378 e. The summed E-state index contributed by atoms with van der Waals surface area (Å²) in [5.41, 5.74) is 2.83. The molecule has 2 rings (SSSR count). The van der Waals surface area contributed by atoms with Crippen molar-refractivity contribution in [3.63, 3.8) is 0 Å². The molecule has 0 bridgehead atoms. The largest absolute Gasteiger partial charge is 0.378 e. The number of carbonyl (C=O) groups excluding carboxylic acids is 1. The van der Waals surface area contributed by atoms with Gasteiger partial charge in [0.05, 0.1) is 12.1 Å². The lowest BCUT2D eigenvalue weighted by Gasteiger charge is -2.20. The molecule has 1 aromatic carbocycles. The van der Waals surface area contributed by atoms with Gasteiger partial charge in [-0.25, -0.2) is 0 Å². The summed E-state index contributed by atoms with van der Waals surface area (Å²) in [5.74, 6) is -0.0966. The maximum Gasteiger partial charge on any atom is 0.239 e. The van der Waals surface area contributed by atoms with Gasteiger partial charge < -0.3 is 10.2 Å². The third-order valence-corrected chi connectivity index (χ3v) is 4.54. The second kappa shape index (κ2) is 8.48. The fourth-order valence-electron chi connectivity index (χ4n) is 2.30. The zero-order chi connectivity index (χ0) is 17.5. The number of hydrogen-bond donors (Lipinski definition) is 1. The van der Waals surface area contributed by atoms with Crippen molar-refractivity contribution in [3.05, 3.63) is 46.8 Å². The maximum absolute atomic E-state index is 12.2. The number of nitriles is 1. The van der Waals surface area contributed by atoms with Crippen LogP contribution in [0.15, 0.2) is 35.7 Å². The van der Waals surface area contributed by atoms with Crippen molar-refractivity contribution >= 4 is 27.9 Å². The van der Waals surface area contributed by atoms with E-state index in [0.29, 0.717) is 23.7 Å². The van der Waals surface area contributed by atoms with Crippen molar-refractivity contribution < 1.29 is 4.79 Å². The predicted octanol–water partition coefficient (Wildman–Crippen LogP) is 3.15. The Labute approximate surface area is 147 Å². The molecule has 2 aromatic rings. The quantitative estimate of drug-likeness (QED) is 0.840. The van der Waals surface area contributed by atoms with Crippen LogP contribution in [0, 0.1) is 11.3 Å². The Morgan fingerprint density at radius 3 is 2.54 bits per heavy atom. The van der Waals surface area contributed by atoms with E-state index in [-0.39, 0.29) is 5.91 Å². The molecule has 0 unspecified atom stereocenters. The summed E-state index contributed by atoms with van der Waals surface area (Å²) in [6.45, 7) is 3.83. The first kappa shape index (κ1) is 18.0. The Morgan fingerprint density at radius 2 is 1.96 bits per heavy atom. The van der Waals surface area contributed by atoms with Gasteiger partial charge >= 0.3 is 0 Å². The molecule has 0 fully saturated rings. The summed E-state index contributed by atoms with van der Waals surface area (Å²) >= 11 is 1.37. The van der Waals surface area contributed by atoms with Crippen LogP contribution in [0.2, 0.25) is 0 Å². The lowest BCUT2D eigenvalue weighted by molar-refractivity contribution is -0.117. The number of carbonyl (C=O) groups is 1. The van der Waals surface area contributed by atoms with Crippen LogP contribution in [0.25, 0.3) is 0 Å². The van der Waals surface area contributed by atoms with Gasteiger partial charge in [0.1, 0.15) is 11.1 Å². The Bertz CT molecular complexity index is 715. The van der Waals surface area contributed by atoms with Crippen molar-refractivity contribution in [2.75, 3.05) is 37.4 Å². The van der Waals surface area contributed by atoms with E-state index in [0.717, 1.165) is 12.2 Å². The van der Waals surface area contributed by atoms with Crippen LogP contribution in [0.3, 0.4) is 0 Å². The summed E-state index contributed by atoms with van der Waals surface area (Å²) in [6, 6.07) is 12.1. The zero-order valence-electron chi connectivity index (χ0n) is 14.2. The normalized spacial score (nSPS) is 10.5. The zero-order valence-corrected chi connectivity index (χ0v) is 15.1. The number of likely N-dealkylation sites (N-methyl/N-ethyl adjacent to an activating group) is 1. The van der Waals surface area contributed by atoms with Crippen molar-refractivity contribution in [1.29, 1.82) is 5.26 Å². The van der Waals surface area contributed by atoms with Gasteiger partial charge in [0.2, 0.25) is 5.91 Å². The van der Waals surface area contributed by atoms with Crippen LogP contribution in [0.1, 0.15) is 18.1 Å². The van der Waals surface area contributed by atoms with Crippen LogP contribution in [0.4, 0.5) is 10.7 Å². The van der Waals surface area contributed by atoms with E-state index in [9.17, 15) is 4.79 Å². The Morgan fingerprint density at radius 1 is 1.25 bits per heavy atom. The van der Waals surface area contributed by atoms with Crippen LogP contribution < -0.4 is 10.2 Å². The number of anilines is 2. The van der Waals surface area contributed by atoms with E-state index in [1.165, 1.54) is 16.9 Å².